The SMILES string of the molecule is C[C@H]1Cc2ccccc2N1C(=O)[C@H](C)[n+]1cccc(C(N)=O)c1. The molecule has 1 aliphatic heterocycles. The first-order chi connectivity index (χ1) is 11.0. The van der Waals surface area contributed by atoms with Crippen LogP contribution >= 0.6 is 0 Å². The van der Waals surface area contributed by atoms with Crippen LogP contribution in [0.25, 0.3) is 0 Å². The third kappa shape index (κ3) is 2.70. The normalized spacial score (nSPS) is 17.7. The van der Waals surface area contributed by atoms with Gasteiger partial charge < -0.3 is 10.6 Å². The van der Waals surface area contributed by atoms with Gasteiger partial charge in [0.05, 0.1) is 0 Å². The molecule has 1 aliphatic rings. The number of carbonyl (C=O) groups excluding carboxylic acids is 2. The van der Waals surface area contributed by atoms with Crippen LogP contribution in [0.5, 0.6) is 0 Å². The molecule has 1 aromatic heterocycles. The highest BCUT2D eigenvalue weighted by Crippen LogP contribution is 2.32. The van der Waals surface area contributed by atoms with Crippen molar-refractivity contribution in [2.24, 2.45) is 5.73 Å². The minimum absolute atomic E-state index is 0.00840. The van der Waals surface area contributed by atoms with Crippen molar-refractivity contribution in [3.8, 4) is 0 Å². The number of pyridine rings is 1. The highest BCUT2D eigenvalue weighted by Gasteiger charge is 2.36. The number of rotatable bonds is 3. The van der Waals surface area contributed by atoms with Crippen molar-refractivity contribution in [2.75, 3.05) is 4.90 Å². The standard InChI is InChI=1S/C18H19N3O2/c1-12-10-14-6-3-4-8-16(14)21(12)18(23)13(2)20-9-5-7-15(11-20)17(19)22/h3-9,11-13H,10H2,1-2H3,(H-,19,22)/p+1/t12-,13-/m0/s1. The average molecular weight is 310 g/mol. The van der Waals surface area contributed by atoms with E-state index >= 15 is 0 Å². The van der Waals surface area contributed by atoms with Crippen molar-refractivity contribution < 1.29 is 14.2 Å². The first kappa shape index (κ1) is 15.2. The zero-order valence-electron chi connectivity index (χ0n) is 13.3. The maximum absolute atomic E-state index is 13.0. The molecule has 0 fully saturated rings. The van der Waals surface area contributed by atoms with Gasteiger partial charge in [-0.15, -0.1) is 0 Å². The highest BCUT2D eigenvalue weighted by molar-refractivity contribution is 5.97. The molecule has 0 saturated heterocycles. The lowest BCUT2D eigenvalue weighted by Gasteiger charge is -2.23. The Labute approximate surface area is 135 Å². The molecular formula is C18H20N3O2+. The molecule has 1 aromatic carbocycles. The van der Waals surface area contributed by atoms with Crippen LogP contribution in [-0.4, -0.2) is 17.9 Å². The van der Waals surface area contributed by atoms with Gasteiger partial charge in [0.1, 0.15) is 5.56 Å². The number of primary amides is 1. The van der Waals surface area contributed by atoms with E-state index in [0.717, 1.165) is 12.1 Å². The lowest BCUT2D eigenvalue weighted by Crippen LogP contribution is -2.50. The molecule has 5 nitrogen and oxygen atoms in total. The van der Waals surface area contributed by atoms with Crippen LogP contribution in [0.1, 0.15) is 35.8 Å². The molecule has 0 aliphatic carbocycles. The summed E-state index contributed by atoms with van der Waals surface area (Å²) in [5.41, 5.74) is 7.88. The van der Waals surface area contributed by atoms with Crippen LogP contribution in [0.4, 0.5) is 5.69 Å². The van der Waals surface area contributed by atoms with Crippen LogP contribution in [0.3, 0.4) is 0 Å². The Morgan fingerprint density at radius 1 is 1.26 bits per heavy atom. The summed E-state index contributed by atoms with van der Waals surface area (Å²) < 4.78 is 1.73. The summed E-state index contributed by atoms with van der Waals surface area (Å²) in [6, 6.07) is 11.1. The van der Waals surface area contributed by atoms with Crippen LogP contribution in [-0.2, 0) is 11.2 Å². The van der Waals surface area contributed by atoms with E-state index in [-0.39, 0.29) is 11.9 Å². The van der Waals surface area contributed by atoms with Crippen LogP contribution in [0, 0.1) is 0 Å². The van der Waals surface area contributed by atoms with Gasteiger partial charge in [-0.05, 0) is 31.0 Å². The smallest absolute Gasteiger partial charge is 0.296 e. The van der Waals surface area contributed by atoms with Gasteiger partial charge in [-0.3, -0.25) is 9.59 Å². The molecule has 0 saturated carbocycles. The number of aromatic nitrogens is 1. The molecule has 118 valence electrons. The van der Waals surface area contributed by atoms with Gasteiger partial charge in [-0.25, -0.2) is 0 Å². The second kappa shape index (κ2) is 5.83. The fourth-order valence-corrected chi connectivity index (χ4v) is 3.11. The number of hydrogen-bond donors (Lipinski definition) is 1. The Balaban J connectivity index is 1.91. The largest absolute Gasteiger partial charge is 0.365 e. The summed E-state index contributed by atoms with van der Waals surface area (Å²) in [6.45, 7) is 3.88. The predicted octanol–water partition coefficient (Wildman–Crippen LogP) is 1.61. The number of nitrogens with two attached hydrogens (primary N) is 1. The van der Waals surface area contributed by atoms with E-state index in [4.69, 9.17) is 5.73 Å². The van der Waals surface area contributed by atoms with Crippen LogP contribution < -0.4 is 15.2 Å². The monoisotopic (exact) mass is 310 g/mol. The molecule has 0 spiro atoms. The average Bonchev–Trinajstić information content (AvgIpc) is 2.89. The lowest BCUT2D eigenvalue weighted by molar-refractivity contribution is -0.706. The Hall–Kier alpha value is -2.69. The minimum atomic E-state index is -0.501. The van der Waals surface area contributed by atoms with E-state index in [1.165, 1.54) is 5.56 Å². The third-order valence-electron chi connectivity index (χ3n) is 4.36. The number of amides is 2. The number of hydrogen-bond acceptors (Lipinski definition) is 2. The van der Waals surface area contributed by atoms with E-state index in [2.05, 4.69) is 13.0 Å². The van der Waals surface area contributed by atoms with Crippen LogP contribution in [0.2, 0.25) is 0 Å². The van der Waals surface area contributed by atoms with E-state index in [1.54, 1.807) is 29.1 Å². The Kier molecular flexibility index (Phi) is 3.86. The van der Waals surface area contributed by atoms with E-state index in [9.17, 15) is 9.59 Å². The molecule has 2 aromatic rings. The van der Waals surface area contributed by atoms with Gasteiger partial charge in [-0.1, -0.05) is 18.2 Å². The van der Waals surface area contributed by atoms with Crippen molar-refractivity contribution in [2.45, 2.75) is 32.4 Å². The lowest BCUT2D eigenvalue weighted by atomic mass is 10.1. The number of benzene rings is 1. The van der Waals surface area contributed by atoms with Crippen molar-refractivity contribution in [1.29, 1.82) is 0 Å². The van der Waals surface area contributed by atoms with E-state index in [1.807, 2.05) is 30.0 Å². The number of nitrogens with zero attached hydrogens (tertiary/aromatic N) is 2. The molecule has 0 bridgehead atoms. The molecule has 3 rings (SSSR count). The first-order valence-corrected chi connectivity index (χ1v) is 7.70. The number of fused-ring (bicyclic) bond motifs is 1. The maximum Gasteiger partial charge on any atom is 0.296 e. The van der Waals surface area contributed by atoms with Gasteiger partial charge in [-0.2, -0.15) is 4.57 Å². The van der Waals surface area contributed by atoms with E-state index in [0.29, 0.717) is 5.56 Å². The van der Waals surface area contributed by atoms with Crippen molar-refractivity contribution in [1.82, 2.24) is 0 Å². The topological polar surface area (TPSA) is 67.3 Å². The van der Waals surface area contributed by atoms with Gasteiger partial charge in [0.25, 0.3) is 11.8 Å². The second-order valence-electron chi connectivity index (χ2n) is 5.97. The molecule has 2 atom stereocenters. The predicted molar refractivity (Wildman–Crippen MR) is 87.0 cm³/mol. The van der Waals surface area contributed by atoms with Gasteiger partial charge >= 0.3 is 0 Å². The maximum atomic E-state index is 13.0. The highest BCUT2D eigenvalue weighted by atomic mass is 16.2. The fraction of sp³-hybridized carbons (Fsp3) is 0.278. The van der Waals surface area contributed by atoms with Gasteiger partial charge in [0.15, 0.2) is 12.4 Å². The molecule has 5 heteroatoms. The molecule has 23 heavy (non-hydrogen) atoms. The summed E-state index contributed by atoms with van der Waals surface area (Å²) in [6.07, 6.45) is 4.26. The molecule has 2 amide bonds. The zero-order valence-corrected chi connectivity index (χ0v) is 13.3. The Bertz CT molecular complexity index is 772. The van der Waals surface area contributed by atoms with Gasteiger partial charge in [0.2, 0.25) is 6.04 Å². The Morgan fingerprint density at radius 2 is 2.00 bits per heavy atom. The summed E-state index contributed by atoms with van der Waals surface area (Å²) in [5, 5.41) is 0. The summed E-state index contributed by atoms with van der Waals surface area (Å²) in [5.74, 6) is -0.493. The first-order valence-electron chi connectivity index (χ1n) is 7.70. The number of anilines is 1. The van der Waals surface area contributed by atoms with Crippen molar-refractivity contribution >= 4 is 17.5 Å². The second-order valence-corrected chi connectivity index (χ2v) is 5.97. The van der Waals surface area contributed by atoms with Gasteiger partial charge in [0, 0.05) is 24.7 Å². The number of carbonyl (C=O) groups is 2. The Morgan fingerprint density at radius 3 is 2.74 bits per heavy atom. The zero-order chi connectivity index (χ0) is 16.6. The summed E-state index contributed by atoms with van der Waals surface area (Å²) >= 11 is 0. The molecular weight excluding hydrogens is 290 g/mol. The molecule has 2 heterocycles. The molecule has 0 radical (unpaired) electrons. The molecule has 0 unspecified atom stereocenters. The van der Waals surface area contributed by atoms with Crippen molar-refractivity contribution in [3.63, 3.8) is 0 Å². The van der Waals surface area contributed by atoms with Crippen molar-refractivity contribution in [3.05, 3.63) is 59.9 Å². The summed E-state index contributed by atoms with van der Waals surface area (Å²) in [7, 11) is 0. The fourth-order valence-electron chi connectivity index (χ4n) is 3.11. The number of para-hydroxylation sites is 1. The molecule has 2 N–H and O–H groups in total. The summed E-state index contributed by atoms with van der Waals surface area (Å²) in [4.78, 5) is 26.2. The van der Waals surface area contributed by atoms with E-state index < -0.39 is 11.9 Å². The minimum Gasteiger partial charge on any atom is -0.365 e. The quantitative estimate of drug-likeness (QED) is 0.875. The third-order valence-corrected chi connectivity index (χ3v) is 4.36. The van der Waals surface area contributed by atoms with Crippen LogP contribution in [0.15, 0.2) is 48.8 Å².